The van der Waals surface area contributed by atoms with Crippen LogP contribution in [0.5, 0.6) is 5.75 Å². The molecule has 1 heterocycles. The Balaban J connectivity index is 1.61. The van der Waals surface area contributed by atoms with Crippen molar-refractivity contribution in [1.82, 2.24) is 4.98 Å². The molecule has 2 N–H and O–H groups in total. The third kappa shape index (κ3) is 5.44. The van der Waals surface area contributed by atoms with Crippen molar-refractivity contribution in [2.45, 2.75) is 26.7 Å². The first kappa shape index (κ1) is 20.1. The van der Waals surface area contributed by atoms with Crippen molar-refractivity contribution in [2.24, 2.45) is 0 Å². The summed E-state index contributed by atoms with van der Waals surface area (Å²) in [5, 5.41) is 5.48. The Morgan fingerprint density at radius 2 is 1.86 bits per heavy atom. The minimum Gasteiger partial charge on any atom is -0.495 e. The lowest BCUT2D eigenvalue weighted by Crippen LogP contribution is -2.14. The van der Waals surface area contributed by atoms with E-state index in [1.54, 1.807) is 24.4 Å². The lowest BCUT2D eigenvalue weighted by Gasteiger charge is -2.12. The highest BCUT2D eigenvalue weighted by molar-refractivity contribution is 5.95. The van der Waals surface area contributed by atoms with Gasteiger partial charge in [0.15, 0.2) is 11.7 Å². The monoisotopic (exact) mass is 393 g/mol. The third-order valence-corrected chi connectivity index (χ3v) is 4.25. The maximum atomic E-state index is 12.4. The molecule has 0 aliphatic rings. The van der Waals surface area contributed by atoms with Crippen LogP contribution in [-0.4, -0.2) is 23.9 Å². The molecule has 0 unspecified atom stereocenters. The van der Waals surface area contributed by atoms with Gasteiger partial charge in [-0.05, 0) is 25.1 Å². The van der Waals surface area contributed by atoms with E-state index in [1.807, 2.05) is 31.2 Å². The van der Waals surface area contributed by atoms with Gasteiger partial charge in [0.2, 0.25) is 11.8 Å². The minimum absolute atomic E-state index is 0.194. The van der Waals surface area contributed by atoms with Gasteiger partial charge in [0, 0.05) is 31.0 Å². The number of carbonyl (C=O) groups excluding carboxylic acids is 2. The minimum atomic E-state index is -0.210. The van der Waals surface area contributed by atoms with Crippen LogP contribution in [0.25, 0.3) is 11.3 Å². The summed E-state index contributed by atoms with van der Waals surface area (Å²) in [5.74, 6) is 1.27. The number of ether oxygens (including phenoxy) is 1. The van der Waals surface area contributed by atoms with Crippen molar-refractivity contribution in [1.29, 1.82) is 0 Å². The smallest absolute Gasteiger partial charge is 0.224 e. The first-order valence-corrected chi connectivity index (χ1v) is 9.22. The third-order valence-electron chi connectivity index (χ3n) is 4.25. The number of carbonyl (C=O) groups is 2. The second kappa shape index (κ2) is 9.05. The van der Waals surface area contributed by atoms with Gasteiger partial charge in [-0.3, -0.25) is 9.59 Å². The van der Waals surface area contributed by atoms with Crippen molar-refractivity contribution in [2.75, 3.05) is 17.7 Å². The van der Waals surface area contributed by atoms with Gasteiger partial charge >= 0.3 is 0 Å². The Morgan fingerprint density at radius 1 is 1.10 bits per heavy atom. The molecule has 0 spiro atoms. The molecule has 0 aliphatic heterocycles. The summed E-state index contributed by atoms with van der Waals surface area (Å²) in [7, 11) is 1.52. The van der Waals surface area contributed by atoms with Gasteiger partial charge in [0.05, 0.1) is 19.0 Å². The van der Waals surface area contributed by atoms with E-state index in [1.165, 1.54) is 19.6 Å². The number of anilines is 2. The molecule has 7 nitrogen and oxygen atoms in total. The molecule has 2 amide bonds. The molecular formula is C22H23N3O4. The maximum Gasteiger partial charge on any atom is 0.224 e. The van der Waals surface area contributed by atoms with Gasteiger partial charge in [0.1, 0.15) is 5.75 Å². The molecule has 0 saturated carbocycles. The quantitative estimate of drug-likeness (QED) is 0.628. The van der Waals surface area contributed by atoms with Gasteiger partial charge < -0.3 is 19.8 Å². The predicted octanol–water partition coefficient (Wildman–Crippen LogP) is 4.19. The Morgan fingerprint density at radius 3 is 2.55 bits per heavy atom. The van der Waals surface area contributed by atoms with Gasteiger partial charge in [0.25, 0.3) is 0 Å². The number of nitrogens with zero attached hydrogens (tertiary/aromatic N) is 1. The molecule has 2 aromatic carbocycles. The average molecular weight is 393 g/mol. The fourth-order valence-corrected chi connectivity index (χ4v) is 2.80. The fraction of sp³-hybridized carbons (Fsp3) is 0.227. The summed E-state index contributed by atoms with van der Waals surface area (Å²) >= 11 is 0. The Bertz CT molecular complexity index is 1010. The van der Waals surface area contributed by atoms with E-state index in [-0.39, 0.29) is 18.2 Å². The lowest BCUT2D eigenvalue weighted by atomic mass is 10.1. The zero-order valence-electron chi connectivity index (χ0n) is 16.6. The normalized spacial score (nSPS) is 10.4. The molecule has 7 heteroatoms. The van der Waals surface area contributed by atoms with Crippen molar-refractivity contribution in [3.63, 3.8) is 0 Å². The molecule has 1 aromatic heterocycles. The highest BCUT2D eigenvalue weighted by atomic mass is 16.5. The van der Waals surface area contributed by atoms with E-state index in [0.717, 1.165) is 5.56 Å². The van der Waals surface area contributed by atoms with Gasteiger partial charge in [-0.1, -0.05) is 29.8 Å². The molecule has 0 saturated heterocycles. The summed E-state index contributed by atoms with van der Waals surface area (Å²) in [6.07, 6.45) is 2.23. The van der Waals surface area contributed by atoms with Crippen molar-refractivity contribution >= 4 is 23.2 Å². The number of hydrogen-bond acceptors (Lipinski definition) is 5. The number of hydrogen-bond donors (Lipinski definition) is 2. The Hall–Kier alpha value is -3.61. The van der Waals surface area contributed by atoms with Crippen LogP contribution in [-0.2, 0) is 16.0 Å². The predicted molar refractivity (Wildman–Crippen MR) is 111 cm³/mol. The molecule has 3 rings (SSSR count). The van der Waals surface area contributed by atoms with Crippen molar-refractivity contribution in [3.8, 4) is 17.1 Å². The number of amides is 2. The van der Waals surface area contributed by atoms with Crippen LogP contribution < -0.4 is 15.4 Å². The highest BCUT2D eigenvalue weighted by Crippen LogP contribution is 2.28. The Kier molecular flexibility index (Phi) is 6.29. The molecule has 0 aliphatic carbocycles. The van der Waals surface area contributed by atoms with Crippen LogP contribution in [0.4, 0.5) is 11.4 Å². The summed E-state index contributed by atoms with van der Waals surface area (Å²) in [4.78, 5) is 27.9. The average Bonchev–Trinajstić information content (AvgIpc) is 3.16. The van der Waals surface area contributed by atoms with Gasteiger partial charge in [-0.2, -0.15) is 0 Å². The molecule has 0 atom stereocenters. The second-order valence-electron chi connectivity index (χ2n) is 6.63. The van der Waals surface area contributed by atoms with Gasteiger partial charge in [-0.25, -0.2) is 4.98 Å². The highest BCUT2D eigenvalue weighted by Gasteiger charge is 2.12. The lowest BCUT2D eigenvalue weighted by molar-refractivity contribution is -0.116. The SMILES string of the molecule is COc1ccc(NC(C)=O)cc1NC(=O)CCc1ncc(-c2ccc(C)cc2)o1. The zero-order chi connectivity index (χ0) is 20.8. The molecule has 0 fully saturated rings. The Labute approximate surface area is 169 Å². The largest absolute Gasteiger partial charge is 0.495 e. The van der Waals surface area contributed by atoms with Crippen LogP contribution >= 0.6 is 0 Å². The molecule has 150 valence electrons. The van der Waals surface area contributed by atoms with E-state index >= 15 is 0 Å². The number of rotatable bonds is 7. The summed E-state index contributed by atoms with van der Waals surface area (Å²) in [6.45, 7) is 3.44. The number of nitrogens with one attached hydrogen (secondary N) is 2. The fourth-order valence-electron chi connectivity index (χ4n) is 2.80. The van der Waals surface area contributed by atoms with E-state index in [2.05, 4.69) is 15.6 Å². The topological polar surface area (TPSA) is 93.5 Å². The first-order chi connectivity index (χ1) is 13.9. The zero-order valence-corrected chi connectivity index (χ0v) is 16.6. The van der Waals surface area contributed by atoms with E-state index in [4.69, 9.17) is 9.15 Å². The number of benzene rings is 2. The molecule has 3 aromatic rings. The van der Waals surface area contributed by atoms with E-state index in [0.29, 0.717) is 35.2 Å². The van der Waals surface area contributed by atoms with Crippen LogP contribution in [0.1, 0.15) is 24.8 Å². The number of aryl methyl sites for hydroxylation is 2. The molecule has 0 bridgehead atoms. The number of methoxy groups -OCH3 is 1. The number of aromatic nitrogens is 1. The van der Waals surface area contributed by atoms with Crippen LogP contribution in [0.2, 0.25) is 0 Å². The summed E-state index contributed by atoms with van der Waals surface area (Å²) in [6, 6.07) is 13.0. The summed E-state index contributed by atoms with van der Waals surface area (Å²) in [5.41, 5.74) is 3.17. The second-order valence-corrected chi connectivity index (χ2v) is 6.63. The van der Waals surface area contributed by atoms with Crippen LogP contribution in [0, 0.1) is 6.92 Å². The van der Waals surface area contributed by atoms with E-state index < -0.39 is 0 Å². The standard InChI is InChI=1S/C22H23N3O4/c1-14-4-6-16(7-5-14)20-13-23-22(29-20)11-10-21(27)25-18-12-17(24-15(2)26)8-9-19(18)28-3/h4-9,12-13H,10-11H2,1-3H3,(H,24,26)(H,25,27). The molecular weight excluding hydrogens is 370 g/mol. The van der Waals surface area contributed by atoms with Crippen LogP contribution in [0.3, 0.4) is 0 Å². The van der Waals surface area contributed by atoms with Crippen molar-refractivity contribution in [3.05, 3.63) is 60.1 Å². The van der Waals surface area contributed by atoms with E-state index in [9.17, 15) is 9.59 Å². The molecule has 0 radical (unpaired) electrons. The molecule has 29 heavy (non-hydrogen) atoms. The maximum absolute atomic E-state index is 12.4. The van der Waals surface area contributed by atoms with Crippen molar-refractivity contribution < 1.29 is 18.7 Å². The number of oxazole rings is 1. The van der Waals surface area contributed by atoms with Crippen LogP contribution in [0.15, 0.2) is 53.1 Å². The first-order valence-electron chi connectivity index (χ1n) is 9.22. The van der Waals surface area contributed by atoms with Gasteiger partial charge in [-0.15, -0.1) is 0 Å². The summed E-state index contributed by atoms with van der Waals surface area (Å²) < 4.78 is 11.0.